The largest absolute Gasteiger partial charge is 0.294 e. The molecule has 1 aromatic carbocycles. The molecule has 0 aliphatic rings. The number of Topliss-reactive ketones (excluding diaryl/α,β-unsaturated/α-hetero) is 1. The van der Waals surface area contributed by atoms with Gasteiger partial charge >= 0.3 is 0 Å². The van der Waals surface area contributed by atoms with Gasteiger partial charge in [0, 0.05) is 10.4 Å². The molecule has 0 spiro atoms. The predicted molar refractivity (Wildman–Crippen MR) is 62.5 cm³/mol. The Morgan fingerprint density at radius 1 is 1.38 bits per heavy atom. The van der Waals surface area contributed by atoms with Crippen molar-refractivity contribution in [3.05, 3.63) is 33.8 Å². The van der Waals surface area contributed by atoms with Crippen molar-refractivity contribution in [1.82, 2.24) is 0 Å². The average Bonchev–Trinajstić information content (AvgIpc) is 2.16. The second-order valence-corrected chi connectivity index (χ2v) is 4.71. The zero-order valence-electron chi connectivity index (χ0n) is 9.19. The number of rotatable bonds is 4. The van der Waals surface area contributed by atoms with E-state index in [1.807, 2.05) is 6.92 Å². The third kappa shape index (κ3) is 2.88. The fraction of sp³-hybridized carbons (Fsp3) is 0.417. The maximum atomic E-state index is 13.5. The summed E-state index contributed by atoms with van der Waals surface area (Å²) in [6.07, 6.45) is 1.44. The third-order valence-corrected chi connectivity index (χ3v) is 2.88. The molecule has 0 aliphatic heterocycles. The van der Waals surface area contributed by atoms with Gasteiger partial charge in [0.15, 0.2) is 5.78 Å². The summed E-state index contributed by atoms with van der Waals surface area (Å²) in [5.41, 5.74) is -0.427. The van der Waals surface area contributed by atoms with Crippen LogP contribution in [-0.4, -0.2) is 5.78 Å². The number of carbonyl (C=O) groups is 1. The monoisotopic (exact) mass is 290 g/mol. The second-order valence-electron chi connectivity index (χ2n) is 3.80. The summed E-state index contributed by atoms with van der Waals surface area (Å²) in [5, 5.41) is 0. The highest BCUT2D eigenvalue weighted by atomic mass is 79.9. The Hall–Kier alpha value is -0.770. The highest BCUT2D eigenvalue weighted by Crippen LogP contribution is 2.23. The van der Waals surface area contributed by atoms with Crippen molar-refractivity contribution in [1.29, 1.82) is 0 Å². The number of halogens is 3. The lowest BCUT2D eigenvalue weighted by atomic mass is 9.95. The summed E-state index contributed by atoms with van der Waals surface area (Å²) in [7, 11) is 0. The molecule has 0 saturated carbocycles. The molecule has 0 aromatic heterocycles. The summed E-state index contributed by atoms with van der Waals surface area (Å²) in [6, 6.07) is 2.21. The summed E-state index contributed by atoms with van der Waals surface area (Å²) in [4.78, 5) is 11.8. The van der Waals surface area contributed by atoms with Crippen LogP contribution in [0.3, 0.4) is 0 Å². The van der Waals surface area contributed by atoms with Crippen molar-refractivity contribution in [2.75, 3.05) is 0 Å². The average molecular weight is 291 g/mol. The molecular formula is C12H13BrF2O. The maximum Gasteiger partial charge on any atom is 0.171 e. The van der Waals surface area contributed by atoms with Gasteiger partial charge in [-0.1, -0.05) is 36.2 Å². The number of carbonyl (C=O) groups excluding carboxylic acids is 1. The van der Waals surface area contributed by atoms with E-state index in [-0.39, 0.29) is 5.92 Å². The molecule has 16 heavy (non-hydrogen) atoms. The van der Waals surface area contributed by atoms with Crippen LogP contribution in [0.1, 0.15) is 37.0 Å². The molecule has 1 aromatic rings. The van der Waals surface area contributed by atoms with Crippen LogP contribution in [0.15, 0.2) is 16.6 Å². The van der Waals surface area contributed by atoms with Gasteiger partial charge in [-0.15, -0.1) is 0 Å². The highest BCUT2D eigenvalue weighted by molar-refractivity contribution is 9.10. The Balaban J connectivity index is 3.08. The standard InChI is InChI=1S/C12H13BrF2O/c1-3-4-7(2)12(16)11-9(14)5-8(13)6-10(11)15/h5-7H,3-4H2,1-2H3. The Morgan fingerprint density at radius 2 is 1.88 bits per heavy atom. The van der Waals surface area contributed by atoms with E-state index in [4.69, 9.17) is 0 Å². The lowest BCUT2D eigenvalue weighted by molar-refractivity contribution is 0.0915. The number of hydrogen-bond acceptors (Lipinski definition) is 1. The Kier molecular flexibility index (Phi) is 4.59. The van der Waals surface area contributed by atoms with E-state index in [9.17, 15) is 13.6 Å². The van der Waals surface area contributed by atoms with Crippen LogP contribution in [0.2, 0.25) is 0 Å². The van der Waals surface area contributed by atoms with Crippen LogP contribution in [0.4, 0.5) is 8.78 Å². The minimum absolute atomic E-state index is 0.294. The van der Waals surface area contributed by atoms with Gasteiger partial charge in [-0.2, -0.15) is 0 Å². The SMILES string of the molecule is CCCC(C)C(=O)c1c(F)cc(Br)cc1F. The van der Waals surface area contributed by atoms with E-state index < -0.39 is 23.0 Å². The zero-order valence-corrected chi connectivity index (χ0v) is 10.8. The van der Waals surface area contributed by atoms with Crippen LogP contribution >= 0.6 is 15.9 Å². The van der Waals surface area contributed by atoms with Gasteiger partial charge in [0.25, 0.3) is 0 Å². The van der Waals surface area contributed by atoms with Crippen LogP contribution in [0.5, 0.6) is 0 Å². The van der Waals surface area contributed by atoms with Gasteiger partial charge in [-0.05, 0) is 18.6 Å². The van der Waals surface area contributed by atoms with Crippen LogP contribution in [0, 0.1) is 17.6 Å². The molecule has 4 heteroatoms. The van der Waals surface area contributed by atoms with Gasteiger partial charge in [0.1, 0.15) is 11.6 Å². The van der Waals surface area contributed by atoms with Gasteiger partial charge in [0.2, 0.25) is 0 Å². The van der Waals surface area contributed by atoms with Gasteiger partial charge in [-0.25, -0.2) is 8.78 Å². The fourth-order valence-electron chi connectivity index (χ4n) is 1.59. The van der Waals surface area contributed by atoms with Gasteiger partial charge in [0.05, 0.1) is 5.56 Å². The van der Waals surface area contributed by atoms with E-state index in [1.165, 1.54) is 0 Å². The summed E-state index contributed by atoms with van der Waals surface area (Å²) in [5.74, 6) is -2.43. The Bertz CT molecular complexity index is 381. The van der Waals surface area contributed by atoms with E-state index in [0.29, 0.717) is 10.9 Å². The van der Waals surface area contributed by atoms with Crippen molar-refractivity contribution in [2.45, 2.75) is 26.7 Å². The second kappa shape index (κ2) is 5.53. The molecule has 0 amide bonds. The number of hydrogen-bond donors (Lipinski definition) is 0. The maximum absolute atomic E-state index is 13.5. The van der Waals surface area contributed by atoms with Crippen molar-refractivity contribution in [3.63, 3.8) is 0 Å². The number of benzene rings is 1. The molecule has 88 valence electrons. The molecule has 0 radical (unpaired) electrons. The van der Waals surface area contributed by atoms with Crippen molar-refractivity contribution in [3.8, 4) is 0 Å². The van der Waals surface area contributed by atoms with E-state index >= 15 is 0 Å². The van der Waals surface area contributed by atoms with E-state index in [1.54, 1.807) is 6.92 Å². The first kappa shape index (κ1) is 13.3. The van der Waals surface area contributed by atoms with Gasteiger partial charge in [-0.3, -0.25) is 4.79 Å². The number of ketones is 1. The van der Waals surface area contributed by atoms with Crippen molar-refractivity contribution >= 4 is 21.7 Å². The predicted octanol–water partition coefficient (Wildman–Crippen LogP) is 4.35. The van der Waals surface area contributed by atoms with Crippen LogP contribution < -0.4 is 0 Å². The van der Waals surface area contributed by atoms with Crippen LogP contribution in [-0.2, 0) is 0 Å². The third-order valence-electron chi connectivity index (χ3n) is 2.42. The molecule has 0 fully saturated rings. The molecular weight excluding hydrogens is 278 g/mol. The summed E-state index contributed by atoms with van der Waals surface area (Å²) >= 11 is 2.97. The molecule has 0 aliphatic carbocycles. The smallest absolute Gasteiger partial charge is 0.171 e. The van der Waals surface area contributed by atoms with Gasteiger partial charge < -0.3 is 0 Å². The minimum atomic E-state index is -0.806. The first-order valence-corrected chi connectivity index (χ1v) is 5.95. The molecule has 1 nitrogen and oxygen atoms in total. The molecule has 0 bridgehead atoms. The van der Waals surface area contributed by atoms with E-state index in [0.717, 1.165) is 18.6 Å². The van der Waals surface area contributed by atoms with Crippen molar-refractivity contribution in [2.24, 2.45) is 5.92 Å². The first-order valence-electron chi connectivity index (χ1n) is 5.16. The lowest BCUT2D eigenvalue weighted by Crippen LogP contribution is -2.15. The molecule has 0 saturated heterocycles. The summed E-state index contributed by atoms with van der Waals surface area (Å²) in [6.45, 7) is 3.62. The zero-order chi connectivity index (χ0) is 12.3. The fourth-order valence-corrected chi connectivity index (χ4v) is 1.99. The molecule has 0 heterocycles. The lowest BCUT2D eigenvalue weighted by Gasteiger charge is -2.10. The first-order chi connectivity index (χ1) is 7.47. The molecule has 1 atom stereocenters. The normalized spacial score (nSPS) is 12.6. The molecule has 0 N–H and O–H groups in total. The van der Waals surface area contributed by atoms with Crippen molar-refractivity contribution < 1.29 is 13.6 Å². The summed E-state index contributed by atoms with van der Waals surface area (Å²) < 4.78 is 27.2. The Morgan fingerprint density at radius 3 is 2.31 bits per heavy atom. The Labute approximate surface area is 102 Å². The highest BCUT2D eigenvalue weighted by Gasteiger charge is 2.22. The molecule has 1 unspecified atom stereocenters. The van der Waals surface area contributed by atoms with Crippen LogP contribution in [0.25, 0.3) is 0 Å². The topological polar surface area (TPSA) is 17.1 Å². The minimum Gasteiger partial charge on any atom is -0.294 e. The van der Waals surface area contributed by atoms with E-state index in [2.05, 4.69) is 15.9 Å². The quantitative estimate of drug-likeness (QED) is 0.754. The molecule has 1 rings (SSSR count).